The Bertz CT molecular complexity index is 363. The predicted octanol–water partition coefficient (Wildman–Crippen LogP) is 3.93. The number of benzene rings is 1. The fourth-order valence-corrected chi connectivity index (χ4v) is 2.19. The zero-order valence-corrected chi connectivity index (χ0v) is 10.2. The molecule has 0 heterocycles. The first-order valence-electron chi connectivity index (χ1n) is 5.90. The minimum absolute atomic E-state index is 0.138. The molecule has 1 nitrogen and oxygen atoms in total. The van der Waals surface area contributed by atoms with E-state index in [0.717, 1.165) is 18.5 Å². The lowest BCUT2D eigenvalue weighted by atomic mass is 10.0. The van der Waals surface area contributed by atoms with Crippen LogP contribution in [-0.2, 0) is 0 Å². The highest BCUT2D eigenvalue weighted by Crippen LogP contribution is 2.42. The van der Waals surface area contributed by atoms with Gasteiger partial charge in [-0.05, 0) is 49.9 Å². The van der Waals surface area contributed by atoms with Crippen molar-refractivity contribution >= 4 is 11.6 Å². The number of nitrogens with one attached hydrogen (secondary N) is 1. The van der Waals surface area contributed by atoms with Gasteiger partial charge in [0.25, 0.3) is 0 Å². The molecular weight excluding hydrogens is 225 g/mol. The molecule has 3 heteroatoms. The van der Waals surface area contributed by atoms with Crippen LogP contribution in [0, 0.1) is 11.7 Å². The van der Waals surface area contributed by atoms with Gasteiger partial charge in [0, 0.05) is 16.6 Å². The van der Waals surface area contributed by atoms with E-state index < -0.39 is 0 Å². The fraction of sp³-hybridized carbons (Fsp3) is 0.538. The Kier molecular flexibility index (Phi) is 3.82. The summed E-state index contributed by atoms with van der Waals surface area (Å²) in [5.74, 6) is 0.435. The third-order valence-corrected chi connectivity index (χ3v) is 3.24. The van der Waals surface area contributed by atoms with Crippen molar-refractivity contribution in [1.29, 1.82) is 0 Å². The number of hydrogen-bond acceptors (Lipinski definition) is 1. The lowest BCUT2D eigenvalue weighted by Gasteiger charge is -2.19. The van der Waals surface area contributed by atoms with Crippen LogP contribution in [0.5, 0.6) is 0 Å². The quantitative estimate of drug-likeness (QED) is 0.824. The Hall–Kier alpha value is -0.600. The second kappa shape index (κ2) is 5.15. The Morgan fingerprint density at radius 2 is 2.25 bits per heavy atom. The summed E-state index contributed by atoms with van der Waals surface area (Å²) < 4.78 is 13.7. The summed E-state index contributed by atoms with van der Waals surface area (Å²) in [5, 5.41) is 4.03. The third-order valence-electron chi connectivity index (χ3n) is 3.00. The maximum Gasteiger partial charge on any atom is 0.128 e. The second-order valence-electron chi connectivity index (χ2n) is 4.44. The molecule has 0 radical (unpaired) electrons. The van der Waals surface area contributed by atoms with E-state index in [0.29, 0.717) is 10.9 Å². The van der Waals surface area contributed by atoms with Gasteiger partial charge in [-0.25, -0.2) is 4.39 Å². The minimum atomic E-state index is -0.148. The van der Waals surface area contributed by atoms with Gasteiger partial charge in [0.15, 0.2) is 0 Å². The van der Waals surface area contributed by atoms with Crippen LogP contribution in [0.4, 0.5) is 4.39 Å². The molecule has 1 atom stereocenters. The third kappa shape index (κ3) is 2.74. The van der Waals surface area contributed by atoms with E-state index in [1.165, 1.54) is 18.9 Å². The minimum Gasteiger partial charge on any atom is -0.310 e. The van der Waals surface area contributed by atoms with E-state index in [1.54, 1.807) is 12.1 Å². The van der Waals surface area contributed by atoms with Crippen LogP contribution in [0.15, 0.2) is 18.2 Å². The van der Waals surface area contributed by atoms with Crippen molar-refractivity contribution in [2.75, 3.05) is 6.54 Å². The maximum absolute atomic E-state index is 13.7. The van der Waals surface area contributed by atoms with Gasteiger partial charge in [0.2, 0.25) is 0 Å². The summed E-state index contributed by atoms with van der Waals surface area (Å²) in [7, 11) is 0. The van der Waals surface area contributed by atoms with E-state index >= 15 is 0 Å². The Labute approximate surface area is 101 Å². The topological polar surface area (TPSA) is 12.0 Å². The molecule has 16 heavy (non-hydrogen) atoms. The SMILES string of the molecule is CCCNC(c1cc(Cl)ccc1F)C1CC1. The standard InChI is InChI=1S/C13H17ClFN/c1-2-7-16-13(9-3-4-9)11-8-10(14)5-6-12(11)15/h5-6,8-9,13,16H,2-4,7H2,1H3. The Balaban J connectivity index is 2.19. The summed E-state index contributed by atoms with van der Waals surface area (Å²) in [6.45, 7) is 3.04. The summed E-state index contributed by atoms with van der Waals surface area (Å²) in [5.41, 5.74) is 0.725. The van der Waals surface area contributed by atoms with E-state index in [9.17, 15) is 4.39 Å². The normalized spacial score (nSPS) is 17.4. The van der Waals surface area contributed by atoms with Crippen LogP contribution in [-0.4, -0.2) is 6.54 Å². The number of rotatable bonds is 5. The molecule has 1 unspecified atom stereocenters. The van der Waals surface area contributed by atoms with Gasteiger partial charge < -0.3 is 5.32 Å². The lowest BCUT2D eigenvalue weighted by Crippen LogP contribution is -2.24. The molecule has 1 aliphatic carbocycles. The monoisotopic (exact) mass is 241 g/mol. The van der Waals surface area contributed by atoms with Crippen molar-refractivity contribution in [3.05, 3.63) is 34.6 Å². The number of halogens is 2. The molecule has 1 fully saturated rings. The maximum atomic E-state index is 13.7. The van der Waals surface area contributed by atoms with Crippen molar-refractivity contribution < 1.29 is 4.39 Å². The van der Waals surface area contributed by atoms with Crippen molar-refractivity contribution in [1.82, 2.24) is 5.32 Å². The molecule has 1 aromatic carbocycles. The molecule has 2 rings (SSSR count). The first-order chi connectivity index (χ1) is 7.72. The smallest absolute Gasteiger partial charge is 0.128 e. The molecule has 1 aliphatic rings. The largest absolute Gasteiger partial charge is 0.310 e. The van der Waals surface area contributed by atoms with Gasteiger partial charge >= 0.3 is 0 Å². The molecule has 88 valence electrons. The van der Waals surface area contributed by atoms with Crippen molar-refractivity contribution in [2.45, 2.75) is 32.2 Å². The molecule has 0 spiro atoms. The van der Waals surface area contributed by atoms with E-state index in [2.05, 4.69) is 12.2 Å². The first kappa shape index (κ1) is 11.9. The van der Waals surface area contributed by atoms with Crippen molar-refractivity contribution in [2.24, 2.45) is 5.92 Å². The lowest BCUT2D eigenvalue weighted by molar-refractivity contribution is 0.457. The van der Waals surface area contributed by atoms with E-state index in [4.69, 9.17) is 11.6 Å². The number of hydrogen-bond donors (Lipinski definition) is 1. The molecule has 0 saturated heterocycles. The summed E-state index contributed by atoms with van der Waals surface area (Å²) in [6.07, 6.45) is 3.44. The molecule has 1 saturated carbocycles. The predicted molar refractivity (Wildman–Crippen MR) is 65.2 cm³/mol. The molecule has 0 bridgehead atoms. The second-order valence-corrected chi connectivity index (χ2v) is 4.87. The highest BCUT2D eigenvalue weighted by Gasteiger charge is 2.33. The zero-order valence-electron chi connectivity index (χ0n) is 9.47. The van der Waals surface area contributed by atoms with Gasteiger partial charge in [0.1, 0.15) is 5.82 Å². The molecule has 0 aliphatic heterocycles. The van der Waals surface area contributed by atoms with E-state index in [1.807, 2.05) is 0 Å². The van der Waals surface area contributed by atoms with Crippen molar-refractivity contribution in [3.63, 3.8) is 0 Å². The van der Waals surface area contributed by atoms with Gasteiger partial charge in [-0.1, -0.05) is 18.5 Å². The van der Waals surface area contributed by atoms with Gasteiger partial charge in [0.05, 0.1) is 0 Å². The highest BCUT2D eigenvalue weighted by atomic mass is 35.5. The van der Waals surface area contributed by atoms with Crippen LogP contribution in [0.1, 0.15) is 37.8 Å². The van der Waals surface area contributed by atoms with Crippen LogP contribution >= 0.6 is 11.6 Å². The molecule has 1 aromatic rings. The average Bonchev–Trinajstić information content (AvgIpc) is 3.08. The summed E-state index contributed by atoms with van der Waals surface area (Å²) in [4.78, 5) is 0. The summed E-state index contributed by atoms with van der Waals surface area (Å²) >= 11 is 5.93. The van der Waals surface area contributed by atoms with Crippen LogP contribution in [0.25, 0.3) is 0 Å². The Morgan fingerprint density at radius 3 is 2.88 bits per heavy atom. The zero-order chi connectivity index (χ0) is 11.5. The first-order valence-corrected chi connectivity index (χ1v) is 6.28. The van der Waals surface area contributed by atoms with Crippen molar-refractivity contribution in [3.8, 4) is 0 Å². The fourth-order valence-electron chi connectivity index (χ4n) is 2.01. The van der Waals surface area contributed by atoms with Crippen LogP contribution < -0.4 is 5.32 Å². The molecular formula is C13H17ClFN. The highest BCUT2D eigenvalue weighted by molar-refractivity contribution is 6.30. The van der Waals surface area contributed by atoms with Crippen LogP contribution in [0.3, 0.4) is 0 Å². The van der Waals surface area contributed by atoms with Gasteiger partial charge in [-0.2, -0.15) is 0 Å². The Morgan fingerprint density at radius 1 is 1.50 bits per heavy atom. The van der Waals surface area contributed by atoms with E-state index in [-0.39, 0.29) is 11.9 Å². The molecule has 1 N–H and O–H groups in total. The van der Waals surface area contributed by atoms with Gasteiger partial charge in [-0.15, -0.1) is 0 Å². The molecule has 0 aromatic heterocycles. The van der Waals surface area contributed by atoms with Crippen LogP contribution in [0.2, 0.25) is 5.02 Å². The summed E-state index contributed by atoms with van der Waals surface area (Å²) in [6, 6.07) is 4.95. The molecule has 0 amide bonds. The average molecular weight is 242 g/mol. The van der Waals surface area contributed by atoms with Gasteiger partial charge in [-0.3, -0.25) is 0 Å².